The van der Waals surface area contributed by atoms with E-state index in [1.165, 1.54) is 18.6 Å². The summed E-state index contributed by atoms with van der Waals surface area (Å²) in [5.41, 5.74) is 0.606. The molecular weight excluding hydrogens is 274 g/mol. The third-order valence-electron chi connectivity index (χ3n) is 3.21. The summed E-state index contributed by atoms with van der Waals surface area (Å²) in [5.74, 6) is -1.68. The largest absolute Gasteiger partial charge is 0.465 e. The fourth-order valence-corrected chi connectivity index (χ4v) is 2.27. The van der Waals surface area contributed by atoms with Crippen molar-refractivity contribution in [3.05, 3.63) is 41.2 Å². The number of pyridine rings is 1. The molecule has 2 aromatic heterocycles. The molecule has 0 spiro atoms. The van der Waals surface area contributed by atoms with Gasteiger partial charge in [-0.3, -0.25) is 4.79 Å². The van der Waals surface area contributed by atoms with Gasteiger partial charge in [0, 0.05) is 12.6 Å². The van der Waals surface area contributed by atoms with Gasteiger partial charge in [-0.1, -0.05) is 13.0 Å². The van der Waals surface area contributed by atoms with E-state index in [2.05, 4.69) is 0 Å². The minimum atomic E-state index is -0.740. The Balaban J connectivity index is 2.95. The Labute approximate surface area is 121 Å². The topological polar surface area (TPSA) is 74.1 Å². The lowest BCUT2D eigenvalue weighted by molar-refractivity contribution is 0.0549. The summed E-state index contributed by atoms with van der Waals surface area (Å²) in [4.78, 5) is 36.3. The van der Waals surface area contributed by atoms with Gasteiger partial charge in [0.15, 0.2) is 5.78 Å². The maximum atomic E-state index is 12.2. The second-order valence-electron chi connectivity index (χ2n) is 4.31. The van der Waals surface area contributed by atoms with Crippen LogP contribution < -0.4 is 0 Å². The average molecular weight is 289 g/mol. The van der Waals surface area contributed by atoms with E-state index in [4.69, 9.17) is 9.47 Å². The molecule has 0 saturated heterocycles. The third-order valence-corrected chi connectivity index (χ3v) is 3.21. The number of carbonyl (C=O) groups is 3. The number of Topliss-reactive ketones (excluding diaryl/α,β-unsaturated/α-hetero) is 1. The van der Waals surface area contributed by atoms with E-state index in [1.54, 1.807) is 31.3 Å². The second-order valence-corrected chi connectivity index (χ2v) is 4.31. The van der Waals surface area contributed by atoms with E-state index in [0.29, 0.717) is 5.52 Å². The first kappa shape index (κ1) is 14.8. The predicted octanol–water partition coefficient (Wildman–Crippen LogP) is 2.11. The lowest BCUT2D eigenvalue weighted by atomic mass is 10.0. The highest BCUT2D eigenvalue weighted by atomic mass is 16.5. The molecule has 2 heterocycles. The van der Waals surface area contributed by atoms with Crippen molar-refractivity contribution in [1.82, 2.24) is 4.40 Å². The minimum absolute atomic E-state index is 0.00301. The van der Waals surface area contributed by atoms with Crippen molar-refractivity contribution < 1.29 is 23.9 Å². The molecular formula is C15H15NO5. The van der Waals surface area contributed by atoms with E-state index in [9.17, 15) is 14.4 Å². The van der Waals surface area contributed by atoms with Crippen molar-refractivity contribution in [2.24, 2.45) is 0 Å². The standard InChI is InChI=1S/C15H15NO5/c1-4-10(17)11-9-7-5-6-8-16(9)13(15(19)21-3)12(11)14(18)20-2/h5-8H,4H2,1-3H3. The van der Waals surface area contributed by atoms with Crippen LogP contribution in [0.2, 0.25) is 0 Å². The number of ketones is 1. The van der Waals surface area contributed by atoms with Gasteiger partial charge in [0.25, 0.3) is 0 Å². The number of esters is 2. The van der Waals surface area contributed by atoms with E-state index in [1.807, 2.05) is 0 Å². The van der Waals surface area contributed by atoms with Crippen molar-refractivity contribution in [1.29, 1.82) is 0 Å². The number of ether oxygens (including phenoxy) is 2. The SMILES string of the molecule is CCC(=O)c1c(C(=O)OC)c(C(=O)OC)n2ccccc12. The molecule has 2 aromatic rings. The van der Waals surface area contributed by atoms with E-state index in [0.717, 1.165) is 0 Å². The number of fused-ring (bicyclic) bond motifs is 1. The summed E-state index contributed by atoms with van der Waals surface area (Å²) in [5, 5.41) is 0. The second kappa shape index (κ2) is 5.78. The van der Waals surface area contributed by atoms with Gasteiger partial charge in [-0.2, -0.15) is 0 Å². The van der Waals surface area contributed by atoms with Gasteiger partial charge in [-0.25, -0.2) is 9.59 Å². The molecule has 0 unspecified atom stereocenters. The Bertz CT molecular complexity index is 676. The van der Waals surface area contributed by atoms with Crippen LogP contribution in [-0.4, -0.2) is 36.3 Å². The molecule has 0 amide bonds. The first-order valence-electron chi connectivity index (χ1n) is 6.39. The molecule has 0 aliphatic heterocycles. The van der Waals surface area contributed by atoms with Gasteiger partial charge in [-0.15, -0.1) is 0 Å². The number of rotatable bonds is 4. The molecule has 0 fully saturated rings. The van der Waals surface area contributed by atoms with Crippen molar-refractivity contribution in [3.63, 3.8) is 0 Å². The Morgan fingerprint density at radius 1 is 1.05 bits per heavy atom. The number of methoxy groups -OCH3 is 2. The predicted molar refractivity (Wildman–Crippen MR) is 74.7 cm³/mol. The van der Waals surface area contributed by atoms with Crippen molar-refractivity contribution in [3.8, 4) is 0 Å². The van der Waals surface area contributed by atoms with Crippen LogP contribution in [0.25, 0.3) is 5.52 Å². The summed E-state index contributed by atoms with van der Waals surface area (Å²) < 4.78 is 10.9. The molecule has 0 bridgehead atoms. The molecule has 0 radical (unpaired) electrons. The maximum absolute atomic E-state index is 12.2. The van der Waals surface area contributed by atoms with Crippen molar-refractivity contribution in [2.75, 3.05) is 14.2 Å². The minimum Gasteiger partial charge on any atom is -0.465 e. The van der Waals surface area contributed by atoms with Crippen LogP contribution >= 0.6 is 0 Å². The highest BCUT2D eigenvalue weighted by Crippen LogP contribution is 2.26. The van der Waals surface area contributed by atoms with E-state index < -0.39 is 11.9 Å². The fourth-order valence-electron chi connectivity index (χ4n) is 2.27. The molecule has 21 heavy (non-hydrogen) atoms. The molecule has 6 nitrogen and oxygen atoms in total. The quantitative estimate of drug-likeness (QED) is 0.636. The average Bonchev–Trinajstić information content (AvgIpc) is 2.87. The number of hydrogen-bond acceptors (Lipinski definition) is 5. The molecule has 110 valence electrons. The third kappa shape index (κ3) is 2.29. The molecule has 6 heteroatoms. The van der Waals surface area contributed by atoms with Gasteiger partial charge in [0.2, 0.25) is 0 Å². The van der Waals surface area contributed by atoms with Gasteiger partial charge in [0.05, 0.1) is 25.3 Å². The van der Waals surface area contributed by atoms with Crippen molar-refractivity contribution in [2.45, 2.75) is 13.3 Å². The van der Waals surface area contributed by atoms with Gasteiger partial charge in [0.1, 0.15) is 11.3 Å². The fraction of sp³-hybridized carbons (Fsp3) is 0.267. The highest BCUT2D eigenvalue weighted by Gasteiger charge is 2.31. The Morgan fingerprint density at radius 3 is 2.29 bits per heavy atom. The summed E-state index contributed by atoms with van der Waals surface area (Å²) in [6.45, 7) is 1.69. The summed E-state index contributed by atoms with van der Waals surface area (Å²) in [6, 6.07) is 5.09. The van der Waals surface area contributed by atoms with Crippen LogP contribution in [0.1, 0.15) is 44.5 Å². The number of hydrogen-bond donors (Lipinski definition) is 0. The summed E-state index contributed by atoms with van der Waals surface area (Å²) >= 11 is 0. The first-order valence-corrected chi connectivity index (χ1v) is 6.39. The van der Waals surface area contributed by atoms with Crippen LogP contribution in [-0.2, 0) is 9.47 Å². The zero-order valence-corrected chi connectivity index (χ0v) is 12.0. The lowest BCUT2D eigenvalue weighted by Crippen LogP contribution is -2.14. The number of nitrogens with zero attached hydrogens (tertiary/aromatic N) is 1. The Morgan fingerprint density at radius 2 is 1.71 bits per heavy atom. The molecule has 2 rings (SSSR count). The summed E-state index contributed by atoms with van der Waals surface area (Å²) in [7, 11) is 2.42. The molecule has 0 atom stereocenters. The van der Waals surface area contributed by atoms with Crippen LogP contribution in [0.5, 0.6) is 0 Å². The molecule has 0 aromatic carbocycles. The normalized spacial score (nSPS) is 10.4. The monoisotopic (exact) mass is 289 g/mol. The summed E-state index contributed by atoms with van der Waals surface area (Å²) in [6.07, 6.45) is 1.81. The molecule has 0 N–H and O–H groups in total. The highest BCUT2D eigenvalue weighted by molar-refractivity contribution is 6.16. The molecule has 0 aliphatic rings. The number of aromatic nitrogens is 1. The van der Waals surface area contributed by atoms with Crippen LogP contribution in [0, 0.1) is 0 Å². The molecule has 0 aliphatic carbocycles. The zero-order valence-electron chi connectivity index (χ0n) is 12.0. The first-order chi connectivity index (χ1) is 10.1. The van der Waals surface area contributed by atoms with E-state index >= 15 is 0 Å². The number of carbonyl (C=O) groups excluding carboxylic acids is 3. The van der Waals surface area contributed by atoms with Gasteiger partial charge < -0.3 is 13.9 Å². The zero-order chi connectivity index (χ0) is 15.6. The van der Waals surface area contributed by atoms with Crippen LogP contribution in [0.15, 0.2) is 24.4 Å². The Kier molecular flexibility index (Phi) is 4.07. The smallest absolute Gasteiger partial charge is 0.355 e. The van der Waals surface area contributed by atoms with Gasteiger partial charge >= 0.3 is 11.9 Å². The van der Waals surface area contributed by atoms with Crippen LogP contribution in [0.4, 0.5) is 0 Å². The molecule has 0 saturated carbocycles. The van der Waals surface area contributed by atoms with Gasteiger partial charge in [-0.05, 0) is 12.1 Å². The van der Waals surface area contributed by atoms with Crippen LogP contribution in [0.3, 0.4) is 0 Å². The Hall–Kier alpha value is -2.63. The lowest BCUT2D eigenvalue weighted by Gasteiger charge is -2.04. The van der Waals surface area contributed by atoms with E-state index in [-0.39, 0.29) is 29.0 Å². The van der Waals surface area contributed by atoms with Crippen molar-refractivity contribution >= 4 is 23.2 Å². The maximum Gasteiger partial charge on any atom is 0.355 e.